The van der Waals surface area contributed by atoms with Gasteiger partial charge in [0.2, 0.25) is 5.95 Å². The second-order valence-corrected chi connectivity index (χ2v) is 10.3. The number of ether oxygens (including phenoxy) is 1. The summed E-state index contributed by atoms with van der Waals surface area (Å²) in [6.45, 7) is 6.14. The molecule has 3 aromatic rings. The van der Waals surface area contributed by atoms with Crippen molar-refractivity contribution < 1.29 is 22.7 Å². The van der Waals surface area contributed by atoms with Crippen molar-refractivity contribution in [2.24, 2.45) is 7.05 Å². The number of hydrogen-bond donors (Lipinski definition) is 1. The average molecular weight is 572 g/mol. The number of piperazine rings is 1. The van der Waals surface area contributed by atoms with Crippen molar-refractivity contribution in [3.8, 4) is 11.3 Å². The lowest BCUT2D eigenvalue weighted by Crippen LogP contribution is -2.50. The van der Waals surface area contributed by atoms with E-state index in [2.05, 4.69) is 20.2 Å². The first-order chi connectivity index (χ1) is 19.6. The van der Waals surface area contributed by atoms with Crippen molar-refractivity contribution in [1.82, 2.24) is 19.4 Å². The van der Waals surface area contributed by atoms with Gasteiger partial charge >= 0.3 is 0 Å². The van der Waals surface area contributed by atoms with Gasteiger partial charge in [-0.2, -0.15) is 0 Å². The lowest BCUT2D eigenvalue weighted by atomic mass is 10.1. The number of morpholine rings is 1. The molecule has 0 unspecified atom stereocenters. The first kappa shape index (κ1) is 28.6. The standard InChI is InChI=1S/C28H32F3N7O3/c1-17-15-38(7-6-35(17)2)24-14-21(29)19(22-4-5-32-28(34-22)37-8-10-41-11-9-37)12-23(24)33-27(40)20-16-36(3)25(39)13-18(20)26(30)31/h4-5,12-14,16-17,26H,6-11,15H2,1-3H3,(H,33,40)/t17-/m0/s1. The molecule has 0 aliphatic carbocycles. The van der Waals surface area contributed by atoms with Gasteiger partial charge in [-0.15, -0.1) is 0 Å². The highest BCUT2D eigenvalue weighted by Gasteiger charge is 2.27. The zero-order chi connectivity index (χ0) is 29.3. The lowest BCUT2D eigenvalue weighted by molar-refractivity contribution is 0.101. The molecule has 2 aliphatic rings. The Kier molecular flexibility index (Phi) is 8.27. The first-order valence-corrected chi connectivity index (χ1v) is 13.4. The maximum atomic E-state index is 15.8. The van der Waals surface area contributed by atoms with Crippen LogP contribution in [0.3, 0.4) is 0 Å². The van der Waals surface area contributed by atoms with Crippen LogP contribution in [0.15, 0.2) is 41.5 Å². The second kappa shape index (κ2) is 11.9. The van der Waals surface area contributed by atoms with Crippen LogP contribution in [-0.4, -0.2) is 84.4 Å². The van der Waals surface area contributed by atoms with Crippen LogP contribution in [0.4, 0.5) is 30.5 Å². The van der Waals surface area contributed by atoms with E-state index in [9.17, 15) is 18.4 Å². The minimum absolute atomic E-state index is 0.123. The molecule has 0 radical (unpaired) electrons. The molecule has 2 aromatic heterocycles. The van der Waals surface area contributed by atoms with Crippen molar-refractivity contribution in [2.75, 3.05) is 68.1 Å². The molecule has 0 bridgehead atoms. The van der Waals surface area contributed by atoms with Gasteiger partial charge in [0.1, 0.15) is 5.82 Å². The number of alkyl halides is 2. The van der Waals surface area contributed by atoms with Crippen LogP contribution in [0.1, 0.15) is 29.3 Å². The predicted octanol–water partition coefficient (Wildman–Crippen LogP) is 3.15. The Balaban J connectivity index is 1.57. The predicted molar refractivity (Wildman–Crippen MR) is 149 cm³/mol. The topological polar surface area (TPSA) is 95.8 Å². The summed E-state index contributed by atoms with van der Waals surface area (Å²) < 4.78 is 49.8. The number of hydrogen-bond acceptors (Lipinski definition) is 8. The van der Waals surface area contributed by atoms with Gasteiger partial charge in [0.15, 0.2) is 0 Å². The fourth-order valence-electron chi connectivity index (χ4n) is 5.01. The number of nitrogens with zero attached hydrogens (tertiary/aromatic N) is 6. The molecule has 1 N–H and O–H groups in total. The van der Waals surface area contributed by atoms with Crippen LogP contribution in [-0.2, 0) is 11.8 Å². The molecule has 0 saturated carbocycles. The number of carbonyl (C=O) groups excluding carboxylic acids is 1. The van der Waals surface area contributed by atoms with Crippen LogP contribution in [0.2, 0.25) is 0 Å². The number of nitrogens with one attached hydrogen (secondary N) is 1. The van der Waals surface area contributed by atoms with E-state index in [0.29, 0.717) is 63.3 Å². The molecule has 0 spiro atoms. The Hall–Kier alpha value is -3.97. The third-order valence-corrected chi connectivity index (χ3v) is 7.59. The maximum Gasteiger partial charge on any atom is 0.264 e. The van der Waals surface area contributed by atoms with E-state index >= 15 is 4.39 Å². The van der Waals surface area contributed by atoms with E-state index in [4.69, 9.17) is 4.74 Å². The zero-order valence-corrected chi connectivity index (χ0v) is 23.1. The van der Waals surface area contributed by atoms with Crippen LogP contribution < -0.4 is 20.7 Å². The highest BCUT2D eigenvalue weighted by atomic mass is 19.3. The fourth-order valence-corrected chi connectivity index (χ4v) is 5.01. The molecular weight excluding hydrogens is 539 g/mol. The normalized spacial score (nSPS) is 18.2. The zero-order valence-electron chi connectivity index (χ0n) is 23.1. The Morgan fingerprint density at radius 1 is 1.10 bits per heavy atom. The molecule has 10 nitrogen and oxygen atoms in total. The molecule has 2 saturated heterocycles. The lowest BCUT2D eigenvalue weighted by Gasteiger charge is -2.39. The Morgan fingerprint density at radius 3 is 2.56 bits per heavy atom. The van der Waals surface area contributed by atoms with E-state index in [1.165, 1.54) is 19.2 Å². The summed E-state index contributed by atoms with van der Waals surface area (Å²) in [5.41, 5.74) is -0.584. The largest absolute Gasteiger partial charge is 0.378 e. The number of halogens is 3. The van der Waals surface area contributed by atoms with Gasteiger partial charge in [-0.25, -0.2) is 23.1 Å². The summed E-state index contributed by atoms with van der Waals surface area (Å²) in [6.07, 6.45) is -0.411. The van der Waals surface area contributed by atoms with Gasteiger partial charge in [-0.3, -0.25) is 9.59 Å². The van der Waals surface area contributed by atoms with Crippen LogP contribution in [0.5, 0.6) is 0 Å². The van der Waals surface area contributed by atoms with Gasteiger partial charge < -0.3 is 29.3 Å². The summed E-state index contributed by atoms with van der Waals surface area (Å²) in [5, 5.41) is 2.73. The summed E-state index contributed by atoms with van der Waals surface area (Å²) in [4.78, 5) is 40.4. The van der Waals surface area contributed by atoms with Gasteiger partial charge in [-0.1, -0.05) is 0 Å². The quantitative estimate of drug-likeness (QED) is 0.482. The Labute approximate surface area is 235 Å². The van der Waals surface area contributed by atoms with Crippen molar-refractivity contribution in [3.05, 3.63) is 64.0 Å². The van der Waals surface area contributed by atoms with E-state index in [1.54, 1.807) is 12.3 Å². The average Bonchev–Trinajstić information content (AvgIpc) is 2.96. The number of likely N-dealkylation sites (N-methyl/N-ethyl adjacent to an activating group) is 1. The van der Waals surface area contributed by atoms with Crippen molar-refractivity contribution in [2.45, 2.75) is 19.4 Å². The third-order valence-electron chi connectivity index (χ3n) is 7.59. The molecule has 1 amide bonds. The fraction of sp³-hybridized carbons (Fsp3) is 0.429. The molecule has 218 valence electrons. The number of pyridine rings is 1. The number of carbonyl (C=O) groups is 1. The number of aromatic nitrogens is 3. The number of amides is 1. The smallest absolute Gasteiger partial charge is 0.264 e. The van der Waals surface area contributed by atoms with Gasteiger partial charge in [0, 0.05) is 75.4 Å². The summed E-state index contributed by atoms with van der Waals surface area (Å²) >= 11 is 0. The highest BCUT2D eigenvalue weighted by molar-refractivity contribution is 6.07. The number of rotatable bonds is 6. The first-order valence-electron chi connectivity index (χ1n) is 13.4. The van der Waals surface area contributed by atoms with E-state index < -0.39 is 29.3 Å². The third kappa shape index (κ3) is 6.05. The Bertz CT molecular complexity index is 1490. The highest BCUT2D eigenvalue weighted by Crippen LogP contribution is 2.36. The maximum absolute atomic E-state index is 15.8. The SMILES string of the molecule is C[C@H]1CN(c2cc(F)c(-c3ccnc(N4CCOCC4)n3)cc2NC(=O)c2cn(C)c(=O)cc2C(F)F)CCN1C. The molecule has 1 atom stereocenters. The van der Waals surface area contributed by atoms with Gasteiger partial charge in [-0.05, 0) is 32.2 Å². The molecule has 2 aliphatic heterocycles. The van der Waals surface area contributed by atoms with Crippen molar-refractivity contribution >= 4 is 23.2 Å². The molecule has 13 heteroatoms. The van der Waals surface area contributed by atoms with Gasteiger partial charge in [0.05, 0.1) is 35.8 Å². The number of aryl methyl sites for hydroxylation is 1. The number of anilines is 3. The van der Waals surface area contributed by atoms with Crippen LogP contribution >= 0.6 is 0 Å². The minimum atomic E-state index is -3.04. The minimum Gasteiger partial charge on any atom is -0.378 e. The van der Waals surface area contributed by atoms with E-state index in [0.717, 1.165) is 16.8 Å². The van der Waals surface area contributed by atoms with Crippen LogP contribution in [0.25, 0.3) is 11.3 Å². The molecule has 5 rings (SSSR count). The van der Waals surface area contributed by atoms with E-state index in [-0.39, 0.29) is 22.9 Å². The summed E-state index contributed by atoms with van der Waals surface area (Å²) in [5.74, 6) is -0.959. The molecular formula is C28H32F3N7O3. The molecule has 41 heavy (non-hydrogen) atoms. The van der Waals surface area contributed by atoms with E-state index in [1.807, 2.05) is 23.8 Å². The summed E-state index contributed by atoms with van der Waals surface area (Å²) in [6, 6.07) is 5.30. The molecule has 1 aromatic carbocycles. The second-order valence-electron chi connectivity index (χ2n) is 10.3. The van der Waals surface area contributed by atoms with Crippen molar-refractivity contribution in [3.63, 3.8) is 0 Å². The summed E-state index contributed by atoms with van der Waals surface area (Å²) in [7, 11) is 3.38. The molecule has 2 fully saturated rings. The Morgan fingerprint density at radius 2 is 1.85 bits per heavy atom. The van der Waals surface area contributed by atoms with Crippen molar-refractivity contribution in [1.29, 1.82) is 0 Å². The van der Waals surface area contributed by atoms with Gasteiger partial charge in [0.25, 0.3) is 17.9 Å². The monoisotopic (exact) mass is 571 g/mol. The van der Waals surface area contributed by atoms with Crippen LogP contribution in [0, 0.1) is 5.82 Å². The molecule has 4 heterocycles. The number of benzene rings is 1.